The fourth-order valence-corrected chi connectivity index (χ4v) is 4.55. The average molecular weight is 365 g/mol. The number of halogens is 1. The first-order valence-corrected chi connectivity index (χ1v) is 9.90. The number of nitrogens with zero attached hydrogens (tertiary/aromatic N) is 1. The maximum Gasteiger partial charge on any atom is 0.243 e. The smallest absolute Gasteiger partial charge is 0.243 e. The van der Waals surface area contributed by atoms with Gasteiger partial charge in [-0.2, -0.15) is 4.31 Å². The van der Waals surface area contributed by atoms with Gasteiger partial charge in [0.25, 0.3) is 0 Å². The van der Waals surface area contributed by atoms with Crippen molar-refractivity contribution in [3.05, 3.63) is 65.2 Å². The van der Waals surface area contributed by atoms with Crippen molar-refractivity contribution >= 4 is 21.6 Å². The number of benzene rings is 2. The maximum atomic E-state index is 13.1. The Morgan fingerprint density at radius 3 is 2.42 bits per heavy atom. The number of nitrogens with one attached hydrogen (secondary N) is 1. The summed E-state index contributed by atoms with van der Waals surface area (Å²) in [7, 11) is -3.57. The molecule has 0 amide bonds. The molecule has 3 rings (SSSR count). The Morgan fingerprint density at radius 1 is 1.08 bits per heavy atom. The van der Waals surface area contributed by atoms with Gasteiger partial charge in [-0.25, -0.2) is 8.42 Å². The molecule has 1 atom stereocenters. The third-order valence-corrected chi connectivity index (χ3v) is 6.32. The van der Waals surface area contributed by atoms with Gasteiger partial charge in [-0.3, -0.25) is 0 Å². The van der Waals surface area contributed by atoms with Crippen LogP contribution in [0, 0.1) is 0 Å². The van der Waals surface area contributed by atoms with E-state index in [0.717, 1.165) is 24.9 Å². The van der Waals surface area contributed by atoms with Gasteiger partial charge in [-0.05, 0) is 49.2 Å². The molecule has 1 N–H and O–H groups in total. The maximum absolute atomic E-state index is 13.1. The minimum Gasteiger partial charge on any atom is -0.313 e. The third kappa shape index (κ3) is 4.16. The van der Waals surface area contributed by atoms with E-state index in [1.165, 1.54) is 0 Å². The SMILES string of the molecule is O=S(=O)(c1ccc(Cl)cc1)N(Cc1ccccc1)CC1CCCN1. The molecule has 128 valence electrons. The largest absolute Gasteiger partial charge is 0.313 e. The fourth-order valence-electron chi connectivity index (χ4n) is 2.95. The Balaban J connectivity index is 1.88. The van der Waals surface area contributed by atoms with Gasteiger partial charge in [-0.1, -0.05) is 41.9 Å². The summed E-state index contributed by atoms with van der Waals surface area (Å²) in [6.45, 7) is 1.79. The van der Waals surface area contributed by atoms with Gasteiger partial charge in [0.05, 0.1) is 4.90 Å². The second-order valence-corrected chi connectivity index (χ2v) is 8.40. The second-order valence-electron chi connectivity index (χ2n) is 6.03. The zero-order valence-electron chi connectivity index (χ0n) is 13.4. The molecule has 1 aliphatic heterocycles. The molecular weight excluding hydrogens is 344 g/mol. The van der Waals surface area contributed by atoms with E-state index in [1.807, 2.05) is 30.3 Å². The highest BCUT2D eigenvalue weighted by Crippen LogP contribution is 2.22. The summed E-state index contributed by atoms with van der Waals surface area (Å²) in [5.41, 5.74) is 0.980. The highest BCUT2D eigenvalue weighted by atomic mass is 35.5. The Bertz CT molecular complexity index is 757. The molecule has 0 saturated carbocycles. The summed E-state index contributed by atoms with van der Waals surface area (Å²) in [5.74, 6) is 0. The molecule has 6 heteroatoms. The summed E-state index contributed by atoms with van der Waals surface area (Å²) in [5, 5.41) is 3.91. The van der Waals surface area contributed by atoms with Crippen LogP contribution in [0.1, 0.15) is 18.4 Å². The molecule has 24 heavy (non-hydrogen) atoms. The topological polar surface area (TPSA) is 49.4 Å². The van der Waals surface area contributed by atoms with Crippen molar-refractivity contribution in [3.63, 3.8) is 0 Å². The van der Waals surface area contributed by atoms with Crippen molar-refractivity contribution in [2.24, 2.45) is 0 Å². The molecule has 2 aromatic carbocycles. The molecule has 0 aromatic heterocycles. The summed E-state index contributed by atoms with van der Waals surface area (Å²) in [6, 6.07) is 16.3. The standard InChI is InChI=1S/C18H21ClN2O2S/c19-16-8-10-18(11-9-16)24(22,23)21(14-17-7-4-12-20-17)13-15-5-2-1-3-6-15/h1-3,5-6,8-11,17,20H,4,7,12-14H2. The average Bonchev–Trinajstić information content (AvgIpc) is 3.09. The third-order valence-electron chi connectivity index (χ3n) is 4.24. The Kier molecular flexibility index (Phi) is 5.56. The summed E-state index contributed by atoms with van der Waals surface area (Å²) in [6.07, 6.45) is 2.09. The van der Waals surface area contributed by atoms with E-state index < -0.39 is 10.0 Å². The monoisotopic (exact) mass is 364 g/mol. The normalized spacial score (nSPS) is 18.2. The van der Waals surface area contributed by atoms with E-state index >= 15 is 0 Å². The first-order valence-electron chi connectivity index (χ1n) is 8.09. The summed E-state index contributed by atoms with van der Waals surface area (Å²) < 4.78 is 27.7. The lowest BCUT2D eigenvalue weighted by atomic mass is 10.2. The first-order chi connectivity index (χ1) is 11.6. The zero-order valence-corrected chi connectivity index (χ0v) is 14.9. The quantitative estimate of drug-likeness (QED) is 0.855. The zero-order chi connectivity index (χ0) is 17.0. The van der Waals surface area contributed by atoms with E-state index in [0.29, 0.717) is 18.1 Å². The van der Waals surface area contributed by atoms with Crippen LogP contribution in [0.15, 0.2) is 59.5 Å². The van der Waals surface area contributed by atoms with Crippen LogP contribution in [0.5, 0.6) is 0 Å². The fraction of sp³-hybridized carbons (Fsp3) is 0.333. The van der Waals surface area contributed by atoms with E-state index in [9.17, 15) is 8.42 Å². The molecule has 2 aromatic rings. The molecule has 1 fully saturated rings. The van der Waals surface area contributed by atoms with Crippen molar-refractivity contribution in [1.29, 1.82) is 0 Å². The van der Waals surface area contributed by atoms with Crippen molar-refractivity contribution in [1.82, 2.24) is 9.62 Å². The molecule has 0 radical (unpaired) electrons. The van der Waals surface area contributed by atoms with Gasteiger partial charge < -0.3 is 5.32 Å². The van der Waals surface area contributed by atoms with Gasteiger partial charge in [0.1, 0.15) is 0 Å². The van der Waals surface area contributed by atoms with Crippen molar-refractivity contribution < 1.29 is 8.42 Å². The van der Waals surface area contributed by atoms with Crippen LogP contribution in [-0.4, -0.2) is 31.9 Å². The minimum absolute atomic E-state index is 0.204. The number of rotatable bonds is 6. The van der Waals surface area contributed by atoms with Crippen LogP contribution in [0.25, 0.3) is 0 Å². The van der Waals surface area contributed by atoms with Crippen molar-refractivity contribution in [2.45, 2.75) is 30.3 Å². The Hall–Kier alpha value is -1.40. The Morgan fingerprint density at radius 2 is 1.79 bits per heavy atom. The highest BCUT2D eigenvalue weighted by Gasteiger charge is 2.28. The second kappa shape index (κ2) is 7.66. The molecule has 0 spiro atoms. The van der Waals surface area contributed by atoms with Gasteiger partial charge in [-0.15, -0.1) is 0 Å². The van der Waals surface area contributed by atoms with Crippen LogP contribution in [0.4, 0.5) is 0 Å². The van der Waals surface area contributed by atoms with Gasteiger partial charge in [0, 0.05) is 24.2 Å². The molecule has 1 saturated heterocycles. The first kappa shape index (κ1) is 17.4. The van der Waals surface area contributed by atoms with Gasteiger partial charge in [0.2, 0.25) is 10.0 Å². The van der Waals surface area contributed by atoms with E-state index in [1.54, 1.807) is 28.6 Å². The van der Waals surface area contributed by atoms with Crippen molar-refractivity contribution in [2.75, 3.05) is 13.1 Å². The number of hydrogen-bond donors (Lipinski definition) is 1. The van der Waals surface area contributed by atoms with Gasteiger partial charge in [0.15, 0.2) is 0 Å². The number of hydrogen-bond acceptors (Lipinski definition) is 3. The molecule has 0 aliphatic carbocycles. The lowest BCUT2D eigenvalue weighted by Gasteiger charge is -2.25. The summed E-state index contributed by atoms with van der Waals surface area (Å²) >= 11 is 5.89. The molecule has 1 unspecified atom stereocenters. The van der Waals surface area contributed by atoms with Crippen LogP contribution in [0.2, 0.25) is 5.02 Å². The van der Waals surface area contributed by atoms with E-state index in [2.05, 4.69) is 5.32 Å². The molecule has 1 aliphatic rings. The van der Waals surface area contributed by atoms with Crippen LogP contribution < -0.4 is 5.32 Å². The van der Waals surface area contributed by atoms with Crippen LogP contribution in [-0.2, 0) is 16.6 Å². The number of sulfonamides is 1. The van der Waals surface area contributed by atoms with E-state index in [-0.39, 0.29) is 10.9 Å². The minimum atomic E-state index is -3.57. The predicted molar refractivity (Wildman–Crippen MR) is 96.5 cm³/mol. The van der Waals surface area contributed by atoms with Crippen LogP contribution >= 0.6 is 11.6 Å². The van der Waals surface area contributed by atoms with Gasteiger partial charge >= 0.3 is 0 Å². The summed E-state index contributed by atoms with van der Waals surface area (Å²) in [4.78, 5) is 0.279. The molecule has 4 nitrogen and oxygen atoms in total. The van der Waals surface area contributed by atoms with E-state index in [4.69, 9.17) is 11.6 Å². The van der Waals surface area contributed by atoms with Crippen molar-refractivity contribution in [3.8, 4) is 0 Å². The Labute approximate surface area is 148 Å². The molecule has 0 bridgehead atoms. The molecule has 1 heterocycles. The highest BCUT2D eigenvalue weighted by molar-refractivity contribution is 7.89. The predicted octanol–water partition coefficient (Wildman–Crippen LogP) is 3.28. The lowest BCUT2D eigenvalue weighted by Crippen LogP contribution is -2.40. The van der Waals surface area contributed by atoms with Crippen LogP contribution in [0.3, 0.4) is 0 Å². The molecular formula is C18H21ClN2O2S. The lowest BCUT2D eigenvalue weighted by molar-refractivity contribution is 0.365.